The van der Waals surface area contributed by atoms with Crippen molar-refractivity contribution in [3.63, 3.8) is 0 Å². The first kappa shape index (κ1) is 16.8. The Morgan fingerprint density at radius 2 is 1.96 bits per heavy atom. The summed E-state index contributed by atoms with van der Waals surface area (Å²) in [7, 11) is 0. The zero-order chi connectivity index (χ0) is 16.1. The first-order valence-electron chi connectivity index (χ1n) is 8.68. The minimum atomic E-state index is 0.192. The summed E-state index contributed by atoms with van der Waals surface area (Å²) in [4.78, 5) is 17.3. The molecule has 1 unspecified atom stereocenters. The van der Waals surface area contributed by atoms with E-state index in [1.807, 2.05) is 28.8 Å². The fourth-order valence-electron chi connectivity index (χ4n) is 3.42. The average molecular weight is 334 g/mol. The van der Waals surface area contributed by atoms with Gasteiger partial charge in [0.15, 0.2) is 0 Å². The SMILES string of the molecule is CCSCc1ccc(C(=O)N2CCC(N3CCNCC3)C2)cc1. The van der Waals surface area contributed by atoms with E-state index in [9.17, 15) is 4.79 Å². The highest BCUT2D eigenvalue weighted by Gasteiger charge is 2.31. The van der Waals surface area contributed by atoms with Crippen LogP contribution in [0.2, 0.25) is 0 Å². The second-order valence-corrected chi connectivity index (χ2v) is 7.59. The summed E-state index contributed by atoms with van der Waals surface area (Å²) in [5.41, 5.74) is 2.13. The van der Waals surface area contributed by atoms with Crippen LogP contribution in [0.15, 0.2) is 24.3 Å². The summed E-state index contributed by atoms with van der Waals surface area (Å²) in [5, 5.41) is 3.39. The number of hydrogen-bond acceptors (Lipinski definition) is 4. The number of nitrogens with one attached hydrogen (secondary N) is 1. The molecule has 2 heterocycles. The normalized spacial score (nSPS) is 22.5. The van der Waals surface area contributed by atoms with Gasteiger partial charge in [-0.25, -0.2) is 0 Å². The lowest BCUT2D eigenvalue weighted by molar-refractivity contribution is 0.0773. The van der Waals surface area contributed by atoms with Crippen molar-refractivity contribution in [1.29, 1.82) is 0 Å². The van der Waals surface area contributed by atoms with Crippen molar-refractivity contribution in [2.75, 3.05) is 45.0 Å². The maximum atomic E-state index is 12.7. The van der Waals surface area contributed by atoms with Crippen LogP contribution in [0.5, 0.6) is 0 Å². The van der Waals surface area contributed by atoms with Crippen LogP contribution in [-0.2, 0) is 5.75 Å². The summed E-state index contributed by atoms with van der Waals surface area (Å²) >= 11 is 1.91. The fourth-order valence-corrected chi connectivity index (χ4v) is 4.05. The van der Waals surface area contributed by atoms with Crippen LogP contribution in [0.4, 0.5) is 0 Å². The van der Waals surface area contributed by atoms with Gasteiger partial charge in [0.25, 0.3) is 5.91 Å². The number of likely N-dealkylation sites (tertiary alicyclic amines) is 1. The molecule has 2 saturated heterocycles. The lowest BCUT2D eigenvalue weighted by Gasteiger charge is -2.32. The van der Waals surface area contributed by atoms with Gasteiger partial charge in [0.05, 0.1) is 0 Å². The number of amides is 1. The predicted molar refractivity (Wildman–Crippen MR) is 97.0 cm³/mol. The lowest BCUT2D eigenvalue weighted by atomic mass is 10.1. The second kappa shape index (κ2) is 8.18. The molecule has 0 saturated carbocycles. The molecule has 126 valence electrons. The van der Waals surface area contributed by atoms with Crippen LogP contribution >= 0.6 is 11.8 Å². The average Bonchev–Trinajstić information content (AvgIpc) is 3.11. The summed E-state index contributed by atoms with van der Waals surface area (Å²) in [6.07, 6.45) is 1.11. The quantitative estimate of drug-likeness (QED) is 0.895. The minimum Gasteiger partial charge on any atom is -0.337 e. The Balaban J connectivity index is 1.55. The van der Waals surface area contributed by atoms with Crippen molar-refractivity contribution < 1.29 is 4.79 Å². The van der Waals surface area contributed by atoms with Gasteiger partial charge in [-0.15, -0.1) is 0 Å². The monoisotopic (exact) mass is 333 g/mol. The van der Waals surface area contributed by atoms with Gasteiger partial charge in [-0.1, -0.05) is 19.1 Å². The molecule has 0 radical (unpaired) electrons. The Morgan fingerprint density at radius 3 is 2.65 bits per heavy atom. The van der Waals surface area contributed by atoms with E-state index in [4.69, 9.17) is 0 Å². The van der Waals surface area contributed by atoms with Crippen LogP contribution in [0.25, 0.3) is 0 Å². The predicted octanol–water partition coefficient (Wildman–Crippen LogP) is 2.06. The number of nitrogens with zero attached hydrogens (tertiary/aromatic N) is 2. The third kappa shape index (κ3) is 4.28. The van der Waals surface area contributed by atoms with Gasteiger partial charge in [0.2, 0.25) is 0 Å². The van der Waals surface area contributed by atoms with Crippen LogP contribution in [0.1, 0.15) is 29.3 Å². The fraction of sp³-hybridized carbons (Fsp3) is 0.611. The molecule has 1 aromatic carbocycles. The lowest BCUT2D eigenvalue weighted by Crippen LogP contribution is -2.49. The van der Waals surface area contributed by atoms with Crippen LogP contribution in [0, 0.1) is 0 Å². The van der Waals surface area contributed by atoms with E-state index >= 15 is 0 Å². The zero-order valence-corrected chi connectivity index (χ0v) is 14.8. The molecule has 5 heteroatoms. The molecule has 0 aliphatic carbocycles. The van der Waals surface area contributed by atoms with E-state index in [0.717, 1.165) is 62.8 Å². The Kier molecular flexibility index (Phi) is 5.97. The minimum absolute atomic E-state index is 0.192. The third-order valence-corrected chi connectivity index (χ3v) is 5.74. The van der Waals surface area contributed by atoms with Crippen LogP contribution in [-0.4, -0.2) is 66.8 Å². The summed E-state index contributed by atoms with van der Waals surface area (Å²) in [5.74, 6) is 2.35. The Labute approximate surface area is 143 Å². The molecule has 3 rings (SSSR count). The van der Waals surface area contributed by atoms with Gasteiger partial charge in [-0.3, -0.25) is 9.69 Å². The van der Waals surface area contributed by atoms with Gasteiger partial charge in [-0.2, -0.15) is 11.8 Å². The molecule has 1 amide bonds. The Morgan fingerprint density at radius 1 is 1.22 bits per heavy atom. The van der Waals surface area contributed by atoms with Gasteiger partial charge in [0, 0.05) is 56.6 Å². The molecule has 2 aliphatic rings. The largest absolute Gasteiger partial charge is 0.337 e. The molecule has 2 fully saturated rings. The molecule has 4 nitrogen and oxygen atoms in total. The van der Waals surface area contributed by atoms with Gasteiger partial charge < -0.3 is 10.2 Å². The number of rotatable bonds is 5. The number of carbonyl (C=O) groups is 1. The number of benzene rings is 1. The van der Waals surface area contributed by atoms with Crippen molar-refractivity contribution in [3.05, 3.63) is 35.4 Å². The van der Waals surface area contributed by atoms with E-state index < -0.39 is 0 Å². The standard InChI is InChI=1S/C18H27N3OS/c1-2-23-14-15-3-5-16(6-4-15)18(22)21-10-7-17(13-21)20-11-8-19-9-12-20/h3-6,17,19H,2,7-14H2,1H3. The third-order valence-electron chi connectivity index (χ3n) is 4.79. The van der Waals surface area contributed by atoms with Gasteiger partial charge in [0.1, 0.15) is 0 Å². The number of piperazine rings is 1. The second-order valence-electron chi connectivity index (χ2n) is 6.31. The molecule has 23 heavy (non-hydrogen) atoms. The maximum absolute atomic E-state index is 12.7. The van der Waals surface area contributed by atoms with E-state index in [2.05, 4.69) is 29.3 Å². The van der Waals surface area contributed by atoms with Crippen molar-refractivity contribution in [3.8, 4) is 0 Å². The molecule has 0 bridgehead atoms. The number of hydrogen-bond donors (Lipinski definition) is 1. The van der Waals surface area contributed by atoms with Crippen LogP contribution < -0.4 is 5.32 Å². The van der Waals surface area contributed by atoms with Crippen molar-refractivity contribution in [1.82, 2.24) is 15.1 Å². The highest BCUT2D eigenvalue weighted by molar-refractivity contribution is 7.98. The molecule has 1 atom stereocenters. The summed E-state index contributed by atoms with van der Waals surface area (Å²) in [6.45, 7) is 8.30. The topological polar surface area (TPSA) is 35.6 Å². The highest BCUT2D eigenvalue weighted by atomic mass is 32.2. The van der Waals surface area contributed by atoms with Crippen molar-refractivity contribution in [2.45, 2.75) is 25.1 Å². The molecule has 1 N–H and O–H groups in total. The number of thioether (sulfide) groups is 1. The molecular formula is C18H27N3OS. The van der Waals surface area contributed by atoms with E-state index in [-0.39, 0.29) is 5.91 Å². The molecule has 1 aromatic rings. The number of carbonyl (C=O) groups excluding carboxylic acids is 1. The van der Waals surface area contributed by atoms with E-state index in [1.165, 1.54) is 5.56 Å². The molecule has 0 aromatic heterocycles. The summed E-state index contributed by atoms with van der Waals surface area (Å²) in [6, 6.07) is 8.72. The van der Waals surface area contributed by atoms with E-state index in [1.54, 1.807) is 0 Å². The smallest absolute Gasteiger partial charge is 0.253 e. The van der Waals surface area contributed by atoms with E-state index in [0.29, 0.717) is 6.04 Å². The van der Waals surface area contributed by atoms with Gasteiger partial charge >= 0.3 is 0 Å². The Hall–Kier alpha value is -1.04. The van der Waals surface area contributed by atoms with Gasteiger partial charge in [-0.05, 0) is 29.9 Å². The van der Waals surface area contributed by atoms with Crippen LogP contribution in [0.3, 0.4) is 0 Å². The van der Waals surface area contributed by atoms with Crippen molar-refractivity contribution >= 4 is 17.7 Å². The molecule has 0 spiro atoms. The Bertz CT molecular complexity index is 514. The first-order chi connectivity index (χ1) is 11.3. The van der Waals surface area contributed by atoms with Crippen molar-refractivity contribution in [2.24, 2.45) is 0 Å². The molecule has 2 aliphatic heterocycles. The zero-order valence-electron chi connectivity index (χ0n) is 14.0. The molecular weight excluding hydrogens is 306 g/mol. The summed E-state index contributed by atoms with van der Waals surface area (Å²) < 4.78 is 0. The maximum Gasteiger partial charge on any atom is 0.253 e. The highest BCUT2D eigenvalue weighted by Crippen LogP contribution is 2.19. The first-order valence-corrected chi connectivity index (χ1v) is 9.84.